The van der Waals surface area contributed by atoms with Gasteiger partial charge in [0.15, 0.2) is 5.85 Å². The van der Waals surface area contributed by atoms with Gasteiger partial charge in [-0.25, -0.2) is 0 Å². The Labute approximate surface area is 126 Å². The molecule has 2 rings (SSSR count). The summed E-state index contributed by atoms with van der Waals surface area (Å²) in [4.78, 5) is 2.10. The smallest absolute Gasteiger partial charge is 0.360 e. The zero-order valence-corrected chi connectivity index (χ0v) is 13.7. The molecule has 5 nitrogen and oxygen atoms in total. The van der Waals surface area contributed by atoms with Crippen molar-refractivity contribution in [2.45, 2.75) is 38.7 Å². The van der Waals surface area contributed by atoms with Crippen molar-refractivity contribution in [1.82, 2.24) is 4.90 Å². The highest BCUT2D eigenvalue weighted by molar-refractivity contribution is 7.54. The summed E-state index contributed by atoms with van der Waals surface area (Å²) in [7, 11) is -3.46. The number of hydrogen-bond acceptors (Lipinski definition) is 5. The molecule has 6 heteroatoms. The highest BCUT2D eigenvalue weighted by atomic mass is 31.2. The molecule has 1 unspecified atom stereocenters. The molecular formula is C15H24NO4P. The van der Waals surface area contributed by atoms with E-state index in [1.54, 1.807) is 13.8 Å². The summed E-state index contributed by atoms with van der Waals surface area (Å²) >= 11 is 0. The van der Waals surface area contributed by atoms with Crippen LogP contribution in [-0.4, -0.2) is 41.7 Å². The average Bonchev–Trinajstić information content (AvgIpc) is 3.27. The van der Waals surface area contributed by atoms with E-state index in [9.17, 15) is 9.67 Å². The van der Waals surface area contributed by atoms with Crippen molar-refractivity contribution in [1.29, 1.82) is 0 Å². The monoisotopic (exact) mass is 313 g/mol. The highest BCUT2D eigenvalue weighted by Crippen LogP contribution is 2.56. The predicted octanol–water partition coefficient (Wildman–Crippen LogP) is 3.02. The number of nitrogens with zero attached hydrogens (tertiary/aromatic N) is 1. The lowest BCUT2D eigenvalue weighted by molar-refractivity contribution is 0.137. The fraction of sp³-hybridized carbons (Fsp3) is 0.600. The third kappa shape index (κ3) is 3.74. The molecule has 0 saturated carbocycles. The summed E-state index contributed by atoms with van der Waals surface area (Å²) in [5, 5.41) is 10.4. The zero-order chi connectivity index (χ0) is 15.5. The van der Waals surface area contributed by atoms with Gasteiger partial charge in [-0.3, -0.25) is 9.46 Å². The lowest BCUT2D eigenvalue weighted by Crippen LogP contribution is -2.23. The first kappa shape index (κ1) is 16.7. The standard InChI is InChI=1S/C15H24NO4P/c1-4-19-21(18,20-5-2)15(17)14-11-16(14)12(3)13-9-7-6-8-10-13/h6-10,12,14-15,17H,4-5,11H2,1-3H3/t12-,14+,15+,16?/m1/s1. The maximum atomic E-state index is 12.6. The largest absolute Gasteiger partial charge is 0.379 e. The van der Waals surface area contributed by atoms with Crippen LogP contribution in [0.1, 0.15) is 32.4 Å². The van der Waals surface area contributed by atoms with Gasteiger partial charge in [0.1, 0.15) is 0 Å². The lowest BCUT2D eigenvalue weighted by atomic mass is 10.1. The minimum absolute atomic E-state index is 0.169. The number of aliphatic hydroxyl groups excluding tert-OH is 1. The summed E-state index contributed by atoms with van der Waals surface area (Å²) in [6, 6.07) is 10.1. The molecule has 1 fully saturated rings. The van der Waals surface area contributed by atoms with Crippen LogP contribution in [-0.2, 0) is 13.6 Å². The van der Waals surface area contributed by atoms with Crippen LogP contribution in [0.2, 0.25) is 0 Å². The Kier molecular flexibility index (Phi) is 5.58. The van der Waals surface area contributed by atoms with Gasteiger partial charge in [-0.05, 0) is 26.3 Å². The van der Waals surface area contributed by atoms with E-state index in [4.69, 9.17) is 9.05 Å². The second-order valence-corrected chi connectivity index (χ2v) is 7.26. The van der Waals surface area contributed by atoms with E-state index in [1.165, 1.54) is 5.56 Å². The van der Waals surface area contributed by atoms with E-state index in [0.717, 1.165) is 0 Å². The molecule has 0 bridgehead atoms. The molecule has 1 aromatic rings. The maximum Gasteiger partial charge on any atom is 0.360 e. The molecule has 1 aromatic carbocycles. The van der Waals surface area contributed by atoms with Crippen LogP contribution < -0.4 is 0 Å². The van der Waals surface area contributed by atoms with Gasteiger partial charge in [0, 0.05) is 12.6 Å². The second kappa shape index (κ2) is 7.03. The minimum atomic E-state index is -3.46. The van der Waals surface area contributed by atoms with Crippen molar-refractivity contribution < 1.29 is 18.7 Å². The fourth-order valence-corrected chi connectivity index (χ4v) is 4.35. The van der Waals surface area contributed by atoms with E-state index >= 15 is 0 Å². The first-order valence-electron chi connectivity index (χ1n) is 7.41. The quantitative estimate of drug-likeness (QED) is 0.590. The number of hydrogen-bond donors (Lipinski definition) is 1. The molecule has 0 spiro atoms. The predicted molar refractivity (Wildman–Crippen MR) is 82.2 cm³/mol. The molecule has 1 aliphatic heterocycles. The normalized spacial score (nSPS) is 24.6. The first-order valence-corrected chi connectivity index (χ1v) is 9.02. The van der Waals surface area contributed by atoms with Gasteiger partial charge in [0.2, 0.25) is 0 Å². The van der Waals surface area contributed by atoms with Crippen molar-refractivity contribution in [3.8, 4) is 0 Å². The van der Waals surface area contributed by atoms with Crippen molar-refractivity contribution in [2.75, 3.05) is 19.8 Å². The van der Waals surface area contributed by atoms with Gasteiger partial charge in [0.25, 0.3) is 0 Å². The Morgan fingerprint density at radius 1 is 1.29 bits per heavy atom. The average molecular weight is 313 g/mol. The second-order valence-electron chi connectivity index (χ2n) is 5.14. The molecule has 21 heavy (non-hydrogen) atoms. The molecule has 1 saturated heterocycles. The third-order valence-electron chi connectivity index (χ3n) is 3.76. The van der Waals surface area contributed by atoms with E-state index in [2.05, 4.69) is 24.0 Å². The van der Waals surface area contributed by atoms with Gasteiger partial charge in [-0.1, -0.05) is 30.3 Å². The molecule has 1 aliphatic rings. The molecular weight excluding hydrogens is 289 g/mol. The van der Waals surface area contributed by atoms with Crippen LogP contribution in [0, 0.1) is 0 Å². The van der Waals surface area contributed by atoms with Crippen LogP contribution in [0.25, 0.3) is 0 Å². The van der Waals surface area contributed by atoms with Crippen LogP contribution >= 0.6 is 7.60 Å². The van der Waals surface area contributed by atoms with E-state index in [1.807, 2.05) is 18.2 Å². The molecule has 0 amide bonds. The van der Waals surface area contributed by atoms with Crippen LogP contribution in [0.5, 0.6) is 0 Å². The van der Waals surface area contributed by atoms with Gasteiger partial charge >= 0.3 is 7.60 Å². The van der Waals surface area contributed by atoms with E-state index in [-0.39, 0.29) is 25.3 Å². The number of aliphatic hydroxyl groups is 1. The molecule has 0 aromatic heterocycles. The maximum absolute atomic E-state index is 12.6. The molecule has 0 radical (unpaired) electrons. The number of rotatable bonds is 8. The van der Waals surface area contributed by atoms with Crippen molar-refractivity contribution in [2.24, 2.45) is 0 Å². The van der Waals surface area contributed by atoms with Crippen LogP contribution in [0.15, 0.2) is 30.3 Å². The Hall–Kier alpha value is -0.710. The van der Waals surface area contributed by atoms with Gasteiger partial charge in [-0.2, -0.15) is 0 Å². The summed E-state index contributed by atoms with van der Waals surface area (Å²) in [5.74, 6) is -1.09. The molecule has 4 atom stereocenters. The Bertz CT molecular complexity index is 486. The Balaban J connectivity index is 2.03. The molecule has 1 heterocycles. The van der Waals surface area contributed by atoms with Crippen LogP contribution in [0.3, 0.4) is 0 Å². The number of benzene rings is 1. The SMILES string of the molecule is CCOP(=O)(OCC)[C@H](O)[C@@H]1CN1[C@H](C)c1ccccc1. The summed E-state index contributed by atoms with van der Waals surface area (Å²) in [6.07, 6.45) is 0. The van der Waals surface area contributed by atoms with Gasteiger partial charge < -0.3 is 14.2 Å². The summed E-state index contributed by atoms with van der Waals surface area (Å²) < 4.78 is 23.0. The minimum Gasteiger partial charge on any atom is -0.379 e. The van der Waals surface area contributed by atoms with Gasteiger partial charge in [0.05, 0.1) is 19.3 Å². The zero-order valence-electron chi connectivity index (χ0n) is 12.8. The van der Waals surface area contributed by atoms with E-state index < -0.39 is 13.4 Å². The lowest BCUT2D eigenvalue weighted by Gasteiger charge is -2.23. The fourth-order valence-electron chi connectivity index (χ4n) is 2.56. The third-order valence-corrected chi connectivity index (χ3v) is 5.98. The van der Waals surface area contributed by atoms with E-state index in [0.29, 0.717) is 6.54 Å². The summed E-state index contributed by atoms with van der Waals surface area (Å²) in [6.45, 7) is 6.78. The first-order chi connectivity index (χ1) is 10.0. The Morgan fingerprint density at radius 3 is 2.38 bits per heavy atom. The van der Waals surface area contributed by atoms with Gasteiger partial charge in [-0.15, -0.1) is 0 Å². The van der Waals surface area contributed by atoms with Crippen molar-refractivity contribution in [3.05, 3.63) is 35.9 Å². The Morgan fingerprint density at radius 2 is 1.86 bits per heavy atom. The summed E-state index contributed by atoms with van der Waals surface area (Å²) in [5.41, 5.74) is 1.18. The van der Waals surface area contributed by atoms with Crippen molar-refractivity contribution >= 4 is 7.60 Å². The molecule has 0 aliphatic carbocycles. The molecule has 118 valence electrons. The topological polar surface area (TPSA) is 58.8 Å². The molecule has 1 N–H and O–H groups in total. The van der Waals surface area contributed by atoms with Crippen LogP contribution in [0.4, 0.5) is 0 Å². The van der Waals surface area contributed by atoms with Crippen molar-refractivity contribution in [3.63, 3.8) is 0 Å². The highest BCUT2D eigenvalue weighted by Gasteiger charge is 2.51.